The highest BCUT2D eigenvalue weighted by Crippen LogP contribution is 2.73. The Balaban J connectivity index is 1.72. The van der Waals surface area contributed by atoms with Crippen LogP contribution in [0.2, 0.25) is 0 Å². The Kier molecular flexibility index (Phi) is 9.64. The van der Waals surface area contributed by atoms with Crippen molar-refractivity contribution in [1.82, 2.24) is 0 Å². The molecule has 16 heteroatoms. The van der Waals surface area contributed by atoms with Gasteiger partial charge in [0, 0.05) is 24.4 Å². The SMILES string of the molecule is Cc1ccc(S(OS(=O)(=O)C(F)(F)C(F)(F)C(F)(F)C(F)(F)F)(c2ccc(C)cc2)c2ccc(-c3ccc(-c4ccc(C)s4)cc3)s2)cc1. The molecule has 0 bridgehead atoms. The molecule has 262 valence electrons. The minimum atomic E-state index is -7.47. The molecule has 0 fully saturated rings. The van der Waals surface area contributed by atoms with E-state index in [1.807, 2.05) is 31.2 Å². The van der Waals surface area contributed by atoms with Crippen molar-refractivity contribution in [2.45, 2.75) is 58.0 Å². The van der Waals surface area contributed by atoms with E-state index < -0.39 is 43.7 Å². The van der Waals surface area contributed by atoms with Crippen molar-refractivity contribution in [3.05, 3.63) is 113 Å². The molecule has 0 saturated carbocycles. The zero-order chi connectivity index (χ0) is 36.2. The number of aryl methyl sites for hydroxylation is 3. The molecule has 5 rings (SSSR count). The van der Waals surface area contributed by atoms with Crippen molar-refractivity contribution < 1.29 is 51.6 Å². The van der Waals surface area contributed by atoms with Crippen LogP contribution in [0.1, 0.15) is 16.0 Å². The molecule has 2 aromatic heterocycles. The van der Waals surface area contributed by atoms with Gasteiger partial charge in [0.1, 0.15) is 0 Å². The molecule has 0 saturated heterocycles. The summed E-state index contributed by atoms with van der Waals surface area (Å²) < 4.78 is 158. The zero-order valence-corrected chi connectivity index (χ0v) is 28.8. The second kappa shape index (κ2) is 12.8. The average molecular weight is 769 g/mol. The standard InChI is InChI=1S/C33H25F9O3S4/c1-20-4-13-25(14-5-20)48(26-15-6-21(2)7-16-26,45-49(43,44)33(41,42)31(36,37)30(34,35)32(38,39)40)29-19-18-28(47-29)24-11-9-23(10-12-24)27-17-8-22(3)46-27/h4-19H,1-3H3. The van der Waals surface area contributed by atoms with Gasteiger partial charge in [-0.25, -0.2) is 3.63 Å². The third-order valence-corrected chi connectivity index (χ3v) is 15.3. The van der Waals surface area contributed by atoms with Crippen molar-refractivity contribution in [3.63, 3.8) is 0 Å². The summed E-state index contributed by atoms with van der Waals surface area (Å²) in [6.45, 7) is 5.23. The van der Waals surface area contributed by atoms with E-state index in [4.69, 9.17) is 3.63 Å². The van der Waals surface area contributed by atoms with Gasteiger partial charge in [-0.05, 0) is 90.7 Å². The first-order chi connectivity index (χ1) is 22.6. The lowest BCUT2D eigenvalue weighted by Crippen LogP contribution is -2.63. The number of rotatable bonds is 10. The van der Waals surface area contributed by atoms with E-state index in [9.17, 15) is 39.2 Å². The zero-order valence-electron chi connectivity index (χ0n) is 25.5. The molecule has 3 nitrogen and oxygen atoms in total. The maximum atomic E-state index is 15.2. The third kappa shape index (κ3) is 6.41. The average Bonchev–Trinajstić information content (AvgIpc) is 3.70. The molecule has 5 aromatic rings. The molecule has 3 aromatic carbocycles. The summed E-state index contributed by atoms with van der Waals surface area (Å²) in [5, 5.41) is -7.05. The summed E-state index contributed by atoms with van der Waals surface area (Å²) in [5.74, 6) is -14.9. The Morgan fingerprint density at radius 1 is 0.531 bits per heavy atom. The fourth-order valence-electron chi connectivity index (χ4n) is 4.65. The van der Waals surface area contributed by atoms with Gasteiger partial charge in [-0.15, -0.1) is 22.7 Å². The van der Waals surface area contributed by atoms with Gasteiger partial charge in [0.05, 0.1) is 4.21 Å². The lowest BCUT2D eigenvalue weighted by molar-refractivity contribution is -0.382. The third-order valence-electron chi connectivity index (χ3n) is 7.39. The smallest absolute Gasteiger partial charge is 0.201 e. The van der Waals surface area contributed by atoms with Crippen LogP contribution in [0, 0.1) is 20.8 Å². The van der Waals surface area contributed by atoms with Crippen molar-refractivity contribution in [3.8, 4) is 20.9 Å². The second-order valence-electron chi connectivity index (χ2n) is 11.0. The highest BCUT2D eigenvalue weighted by molar-refractivity contribution is 8.34. The van der Waals surface area contributed by atoms with Crippen LogP contribution >= 0.6 is 33.0 Å². The van der Waals surface area contributed by atoms with Gasteiger partial charge in [0.25, 0.3) is 0 Å². The molecule has 49 heavy (non-hydrogen) atoms. The molecule has 0 N–H and O–H groups in total. The van der Waals surface area contributed by atoms with Crippen LogP contribution in [0.15, 0.2) is 111 Å². The monoisotopic (exact) mass is 768 g/mol. The summed E-state index contributed by atoms with van der Waals surface area (Å²) in [5.41, 5.74) is 2.71. The predicted octanol–water partition coefficient (Wildman–Crippen LogP) is 12.0. The molecule has 0 aliphatic heterocycles. The second-order valence-corrected chi connectivity index (χ2v) is 18.1. The van der Waals surface area contributed by atoms with Gasteiger partial charge in [0.2, 0.25) is 0 Å². The molecule has 0 aliphatic rings. The summed E-state index contributed by atoms with van der Waals surface area (Å²) in [6, 6.07) is 24.8. The van der Waals surface area contributed by atoms with Crippen LogP contribution in [-0.4, -0.2) is 31.7 Å². The number of hydrogen-bond donors (Lipinski definition) is 0. The Labute approximate surface area is 285 Å². The van der Waals surface area contributed by atoms with E-state index in [1.54, 1.807) is 37.3 Å². The molecular formula is C33H25F9O3S4. The Hall–Kier alpha value is -3.31. The van der Waals surface area contributed by atoms with Crippen LogP contribution in [-0.2, 0) is 13.7 Å². The van der Waals surface area contributed by atoms with Crippen LogP contribution in [0.3, 0.4) is 0 Å². The fraction of sp³-hybridized carbons (Fsp3) is 0.212. The van der Waals surface area contributed by atoms with Crippen LogP contribution in [0.5, 0.6) is 0 Å². The van der Waals surface area contributed by atoms with E-state index in [0.717, 1.165) is 26.7 Å². The Morgan fingerprint density at radius 3 is 1.37 bits per heavy atom. The minimum absolute atomic E-state index is 0.0987. The van der Waals surface area contributed by atoms with Crippen molar-refractivity contribution in [2.24, 2.45) is 0 Å². The molecule has 0 amide bonds. The Bertz CT molecular complexity index is 2000. The predicted molar refractivity (Wildman–Crippen MR) is 173 cm³/mol. The largest absolute Gasteiger partial charge is 0.460 e. The van der Waals surface area contributed by atoms with Crippen molar-refractivity contribution >= 4 is 43.1 Å². The van der Waals surface area contributed by atoms with E-state index in [0.29, 0.717) is 21.6 Å². The summed E-state index contributed by atoms with van der Waals surface area (Å²) >= 11 is 2.42. The molecule has 0 aliphatic carbocycles. The van der Waals surface area contributed by atoms with Crippen LogP contribution in [0.25, 0.3) is 20.9 Å². The van der Waals surface area contributed by atoms with Crippen LogP contribution < -0.4 is 0 Å². The van der Waals surface area contributed by atoms with E-state index in [-0.39, 0.29) is 14.0 Å². The number of hydrogen-bond acceptors (Lipinski definition) is 5. The molecule has 2 heterocycles. The minimum Gasteiger partial charge on any atom is -0.201 e. The van der Waals surface area contributed by atoms with Gasteiger partial charge in [-0.3, -0.25) is 0 Å². The number of benzene rings is 3. The first kappa shape index (κ1) is 37.0. The first-order valence-electron chi connectivity index (χ1n) is 14.0. The quantitative estimate of drug-likeness (QED) is 0.133. The maximum absolute atomic E-state index is 15.2. The maximum Gasteiger partial charge on any atom is 0.460 e. The molecule has 0 spiro atoms. The summed E-state index contributed by atoms with van der Waals surface area (Å²) in [7, 11) is -11.4. The van der Waals surface area contributed by atoms with Gasteiger partial charge in [-0.2, -0.15) is 47.9 Å². The van der Waals surface area contributed by atoms with Crippen molar-refractivity contribution in [2.75, 3.05) is 0 Å². The van der Waals surface area contributed by atoms with Gasteiger partial charge >= 0.3 is 33.4 Å². The van der Waals surface area contributed by atoms with Crippen molar-refractivity contribution in [1.29, 1.82) is 0 Å². The molecule has 0 radical (unpaired) electrons. The summed E-state index contributed by atoms with van der Waals surface area (Å²) in [4.78, 5) is 2.27. The first-order valence-corrected chi connectivity index (χ1v) is 18.6. The highest BCUT2D eigenvalue weighted by atomic mass is 32.3. The summed E-state index contributed by atoms with van der Waals surface area (Å²) in [6.07, 6.45) is -7.23. The van der Waals surface area contributed by atoms with Gasteiger partial charge < -0.3 is 0 Å². The lowest BCUT2D eigenvalue weighted by Gasteiger charge is -2.40. The van der Waals surface area contributed by atoms with E-state index in [1.165, 1.54) is 60.7 Å². The molecule has 0 atom stereocenters. The number of alkyl halides is 9. The normalized spacial score (nSPS) is 13.9. The number of halogens is 9. The van der Waals surface area contributed by atoms with E-state index >= 15 is 8.78 Å². The highest BCUT2D eigenvalue weighted by Gasteiger charge is 2.86. The molecule has 0 unspecified atom stereocenters. The van der Waals surface area contributed by atoms with E-state index in [2.05, 4.69) is 0 Å². The van der Waals surface area contributed by atoms with Crippen LogP contribution in [0.4, 0.5) is 39.5 Å². The van der Waals surface area contributed by atoms with Gasteiger partial charge in [0.15, 0.2) is 0 Å². The van der Waals surface area contributed by atoms with Gasteiger partial charge in [-0.1, -0.05) is 59.7 Å². The topological polar surface area (TPSA) is 43.4 Å². The Morgan fingerprint density at radius 2 is 0.959 bits per heavy atom. The number of thiophene rings is 2. The fourth-order valence-corrected chi connectivity index (χ4v) is 12.6. The lowest BCUT2D eigenvalue weighted by atomic mass is 10.1. The molecular weight excluding hydrogens is 744 g/mol.